The van der Waals surface area contributed by atoms with Crippen molar-refractivity contribution in [1.29, 1.82) is 5.26 Å². The van der Waals surface area contributed by atoms with Gasteiger partial charge in [-0.1, -0.05) is 23.2 Å². The number of pyridine rings is 2. The first-order chi connectivity index (χ1) is 6.70. The van der Waals surface area contributed by atoms with Crippen LogP contribution in [0.25, 0.3) is 10.9 Å². The largest absolute Gasteiger partial charge is 0.234 e. The van der Waals surface area contributed by atoms with Crippen molar-refractivity contribution in [2.45, 2.75) is 0 Å². The third kappa shape index (κ3) is 1.50. The molecule has 0 saturated heterocycles. The first-order valence-corrected chi connectivity index (χ1v) is 4.49. The van der Waals surface area contributed by atoms with Crippen LogP contribution in [0.2, 0.25) is 10.3 Å². The van der Waals surface area contributed by atoms with Gasteiger partial charge >= 0.3 is 0 Å². The number of nitriles is 1. The Morgan fingerprint density at radius 1 is 1.21 bits per heavy atom. The number of nitrogens with zero attached hydrogens (tertiary/aromatic N) is 3. The van der Waals surface area contributed by atoms with Crippen LogP contribution in [0.4, 0.5) is 0 Å². The molecule has 0 aliphatic carbocycles. The zero-order valence-corrected chi connectivity index (χ0v) is 8.34. The second-order valence-electron chi connectivity index (χ2n) is 2.62. The van der Waals surface area contributed by atoms with E-state index in [0.717, 1.165) is 5.39 Å². The van der Waals surface area contributed by atoms with Gasteiger partial charge in [0.2, 0.25) is 0 Å². The zero-order valence-electron chi connectivity index (χ0n) is 6.83. The highest BCUT2D eigenvalue weighted by molar-refractivity contribution is 6.36. The summed E-state index contributed by atoms with van der Waals surface area (Å²) in [5.74, 6) is 0. The lowest BCUT2D eigenvalue weighted by molar-refractivity contribution is 1.28. The summed E-state index contributed by atoms with van der Waals surface area (Å²) in [5.41, 5.74) is 0.804. The molecular weight excluding hydrogens is 221 g/mol. The molecule has 0 fully saturated rings. The van der Waals surface area contributed by atoms with Gasteiger partial charge in [0.15, 0.2) is 5.15 Å². The third-order valence-electron chi connectivity index (χ3n) is 1.72. The zero-order chi connectivity index (χ0) is 10.1. The van der Waals surface area contributed by atoms with Crippen LogP contribution in [-0.2, 0) is 0 Å². The summed E-state index contributed by atoms with van der Waals surface area (Å²) >= 11 is 11.5. The number of hydrogen-bond acceptors (Lipinski definition) is 3. The van der Waals surface area contributed by atoms with Crippen LogP contribution >= 0.6 is 23.2 Å². The number of rotatable bonds is 0. The number of hydrogen-bond donors (Lipinski definition) is 0. The number of halogens is 2. The van der Waals surface area contributed by atoms with Crippen molar-refractivity contribution < 1.29 is 0 Å². The predicted molar refractivity (Wildman–Crippen MR) is 54.3 cm³/mol. The molecule has 0 amide bonds. The van der Waals surface area contributed by atoms with Crippen molar-refractivity contribution in [3.05, 3.63) is 34.2 Å². The van der Waals surface area contributed by atoms with Crippen LogP contribution in [0.5, 0.6) is 0 Å². The molecule has 2 aromatic heterocycles. The molecule has 0 saturated carbocycles. The van der Waals surface area contributed by atoms with E-state index in [1.54, 1.807) is 18.2 Å². The molecule has 0 spiro atoms. The van der Waals surface area contributed by atoms with Crippen molar-refractivity contribution in [3.8, 4) is 6.07 Å². The Morgan fingerprint density at radius 3 is 2.71 bits per heavy atom. The van der Waals surface area contributed by atoms with Crippen molar-refractivity contribution in [2.24, 2.45) is 0 Å². The molecule has 0 aliphatic heterocycles. The first kappa shape index (κ1) is 9.20. The summed E-state index contributed by atoms with van der Waals surface area (Å²) in [6.07, 6.45) is 0. The van der Waals surface area contributed by atoms with Crippen molar-refractivity contribution in [3.63, 3.8) is 0 Å². The maximum Gasteiger partial charge on any atom is 0.157 e. The van der Waals surface area contributed by atoms with E-state index in [-0.39, 0.29) is 5.15 Å². The summed E-state index contributed by atoms with van der Waals surface area (Å²) in [7, 11) is 0. The number of aromatic nitrogens is 2. The second-order valence-corrected chi connectivity index (χ2v) is 3.36. The second kappa shape index (κ2) is 3.41. The van der Waals surface area contributed by atoms with Crippen LogP contribution in [0.15, 0.2) is 18.2 Å². The fraction of sp³-hybridized carbons (Fsp3) is 0. The van der Waals surface area contributed by atoms with E-state index in [0.29, 0.717) is 16.4 Å². The molecule has 0 radical (unpaired) electrons. The Balaban J connectivity index is 2.84. The summed E-state index contributed by atoms with van der Waals surface area (Å²) in [4.78, 5) is 7.86. The molecule has 5 heteroatoms. The van der Waals surface area contributed by atoms with Gasteiger partial charge in [-0.2, -0.15) is 5.26 Å². The van der Waals surface area contributed by atoms with Gasteiger partial charge < -0.3 is 0 Å². The minimum atomic E-state index is 0.213. The first-order valence-electron chi connectivity index (χ1n) is 3.73. The summed E-state index contributed by atoms with van der Waals surface area (Å²) in [6, 6.07) is 6.92. The minimum absolute atomic E-state index is 0.213. The maximum absolute atomic E-state index is 8.64. The van der Waals surface area contributed by atoms with E-state index in [4.69, 9.17) is 28.5 Å². The number of fused-ring (bicyclic) bond motifs is 1. The minimum Gasteiger partial charge on any atom is -0.234 e. The van der Waals surface area contributed by atoms with Crippen LogP contribution in [-0.4, -0.2) is 9.97 Å². The average molecular weight is 224 g/mol. The molecule has 2 rings (SSSR count). The highest BCUT2D eigenvalue weighted by Gasteiger charge is 2.05. The average Bonchev–Trinajstić information content (AvgIpc) is 2.17. The van der Waals surface area contributed by atoms with E-state index in [1.807, 2.05) is 6.07 Å². The van der Waals surface area contributed by atoms with Gasteiger partial charge in [0.05, 0.1) is 0 Å². The van der Waals surface area contributed by atoms with E-state index in [2.05, 4.69) is 9.97 Å². The van der Waals surface area contributed by atoms with Gasteiger partial charge in [0.25, 0.3) is 0 Å². The molecule has 0 N–H and O–H groups in total. The molecule has 14 heavy (non-hydrogen) atoms. The molecule has 2 heterocycles. The van der Waals surface area contributed by atoms with Gasteiger partial charge in [0.1, 0.15) is 22.4 Å². The molecule has 2 aromatic rings. The Morgan fingerprint density at radius 2 is 2.00 bits per heavy atom. The fourth-order valence-electron chi connectivity index (χ4n) is 1.12. The van der Waals surface area contributed by atoms with E-state index in [9.17, 15) is 0 Å². The van der Waals surface area contributed by atoms with E-state index < -0.39 is 0 Å². The molecule has 0 aliphatic rings. The smallest absolute Gasteiger partial charge is 0.157 e. The van der Waals surface area contributed by atoms with Gasteiger partial charge in [-0.05, 0) is 18.2 Å². The van der Waals surface area contributed by atoms with Gasteiger partial charge in [-0.3, -0.25) is 0 Å². The normalized spacial score (nSPS) is 10.1. The maximum atomic E-state index is 8.64. The van der Waals surface area contributed by atoms with Gasteiger partial charge in [0, 0.05) is 5.39 Å². The summed E-state index contributed by atoms with van der Waals surface area (Å²) in [6.45, 7) is 0. The summed E-state index contributed by atoms with van der Waals surface area (Å²) in [5, 5.41) is 9.94. The van der Waals surface area contributed by atoms with Gasteiger partial charge in [-0.25, -0.2) is 9.97 Å². The quantitative estimate of drug-likeness (QED) is 0.646. The topological polar surface area (TPSA) is 49.6 Å². The highest BCUT2D eigenvalue weighted by atomic mass is 35.5. The van der Waals surface area contributed by atoms with Crippen molar-refractivity contribution in [1.82, 2.24) is 9.97 Å². The van der Waals surface area contributed by atoms with E-state index >= 15 is 0 Å². The Hall–Kier alpha value is -1.37. The van der Waals surface area contributed by atoms with Crippen molar-refractivity contribution >= 4 is 34.1 Å². The molecule has 0 unspecified atom stereocenters. The molecule has 0 aromatic carbocycles. The highest BCUT2D eigenvalue weighted by Crippen LogP contribution is 2.22. The van der Waals surface area contributed by atoms with Crippen LogP contribution in [0.1, 0.15) is 5.69 Å². The Labute approximate surface area is 89.9 Å². The van der Waals surface area contributed by atoms with E-state index in [1.165, 1.54) is 0 Å². The standard InChI is InChI=1S/C9H3Cl2N3/c10-7-3-5-1-2-6(4-12)13-8(5)9(11)14-7/h1-3H. The monoisotopic (exact) mass is 223 g/mol. The molecule has 3 nitrogen and oxygen atoms in total. The summed E-state index contributed by atoms with van der Waals surface area (Å²) < 4.78 is 0. The fourth-order valence-corrected chi connectivity index (χ4v) is 1.61. The van der Waals surface area contributed by atoms with Crippen LogP contribution in [0.3, 0.4) is 0 Å². The molecule has 68 valence electrons. The Kier molecular flexibility index (Phi) is 2.24. The molecular formula is C9H3Cl2N3. The third-order valence-corrected chi connectivity index (χ3v) is 2.17. The lowest BCUT2D eigenvalue weighted by Gasteiger charge is -1.99. The predicted octanol–water partition coefficient (Wildman–Crippen LogP) is 2.81. The van der Waals surface area contributed by atoms with Gasteiger partial charge in [-0.15, -0.1) is 0 Å². The Bertz CT molecular complexity index is 545. The van der Waals surface area contributed by atoms with Crippen LogP contribution < -0.4 is 0 Å². The molecule has 0 atom stereocenters. The lowest BCUT2D eigenvalue weighted by Crippen LogP contribution is -1.87. The van der Waals surface area contributed by atoms with Crippen LogP contribution in [0, 0.1) is 11.3 Å². The van der Waals surface area contributed by atoms with Crippen molar-refractivity contribution in [2.75, 3.05) is 0 Å². The SMILES string of the molecule is N#Cc1ccc2cc(Cl)nc(Cl)c2n1. The lowest BCUT2D eigenvalue weighted by atomic mass is 10.2. The molecule has 0 bridgehead atoms.